The molecule has 0 spiro atoms. The largest absolute Gasteiger partial charge is 0.377 e. The second-order valence-corrected chi connectivity index (χ2v) is 4.24. The Kier molecular flexibility index (Phi) is 2.28. The Balaban J connectivity index is 2.98. The Bertz CT molecular complexity index is 378. The number of nitrogens with one attached hydrogen (secondary N) is 1. The van der Waals surface area contributed by atoms with Crippen molar-refractivity contribution in [3.8, 4) is 0 Å². The first-order valence-electron chi connectivity index (χ1n) is 4.47. The summed E-state index contributed by atoms with van der Waals surface area (Å²) >= 11 is 0. The summed E-state index contributed by atoms with van der Waals surface area (Å²) in [5.41, 5.74) is 0.299. The maximum atomic E-state index is 11.1. The van der Waals surface area contributed by atoms with E-state index in [-0.39, 0.29) is 16.4 Å². The van der Waals surface area contributed by atoms with Crippen LogP contribution in [0.2, 0.25) is 0 Å². The number of rotatable bonds is 2. The van der Waals surface area contributed by atoms with E-state index < -0.39 is 0 Å². The smallest absolute Gasteiger partial charge is 0.249 e. The predicted molar refractivity (Wildman–Crippen MR) is 54.1 cm³/mol. The molecule has 72 valence electrons. The van der Waals surface area contributed by atoms with Crippen LogP contribution in [0.15, 0.2) is 9.59 Å². The van der Waals surface area contributed by atoms with E-state index in [0.29, 0.717) is 17.7 Å². The molecule has 0 aliphatic heterocycles. The minimum Gasteiger partial charge on any atom is -0.377 e. The van der Waals surface area contributed by atoms with Gasteiger partial charge >= 0.3 is 0 Å². The lowest BCUT2D eigenvalue weighted by Crippen LogP contribution is -2.42. The van der Waals surface area contributed by atoms with E-state index >= 15 is 0 Å². The third-order valence-corrected chi connectivity index (χ3v) is 1.86. The fourth-order valence-corrected chi connectivity index (χ4v) is 1.28. The van der Waals surface area contributed by atoms with Crippen molar-refractivity contribution < 1.29 is 0 Å². The molecule has 0 amide bonds. The Morgan fingerprint density at radius 1 is 1.15 bits per heavy atom. The lowest BCUT2D eigenvalue weighted by Gasteiger charge is -2.24. The van der Waals surface area contributed by atoms with E-state index in [9.17, 15) is 9.59 Å². The first-order valence-corrected chi connectivity index (χ1v) is 4.47. The lowest BCUT2D eigenvalue weighted by atomic mass is 10.0. The summed E-state index contributed by atoms with van der Waals surface area (Å²) in [6.07, 6.45) is 0.628. The van der Waals surface area contributed by atoms with Crippen molar-refractivity contribution in [2.75, 3.05) is 5.32 Å². The van der Waals surface area contributed by atoms with Crippen LogP contribution in [0.1, 0.15) is 33.3 Å². The number of hydrogen-bond donors (Lipinski definition) is 1. The van der Waals surface area contributed by atoms with Crippen LogP contribution < -0.4 is 16.2 Å². The van der Waals surface area contributed by atoms with Crippen molar-refractivity contribution in [1.29, 1.82) is 0 Å². The van der Waals surface area contributed by atoms with Crippen molar-refractivity contribution in [2.45, 2.75) is 39.7 Å². The van der Waals surface area contributed by atoms with Crippen molar-refractivity contribution in [3.63, 3.8) is 0 Å². The Morgan fingerprint density at radius 3 is 2.08 bits per heavy atom. The second kappa shape index (κ2) is 2.98. The topological polar surface area (TPSA) is 46.2 Å². The monoisotopic (exact) mass is 181 g/mol. The third-order valence-electron chi connectivity index (χ3n) is 1.86. The highest BCUT2D eigenvalue weighted by Crippen LogP contribution is 2.14. The maximum Gasteiger partial charge on any atom is 0.249 e. The van der Waals surface area contributed by atoms with Gasteiger partial charge in [-0.25, -0.2) is 0 Å². The van der Waals surface area contributed by atoms with Crippen molar-refractivity contribution in [3.05, 3.63) is 26.0 Å². The summed E-state index contributed by atoms with van der Waals surface area (Å²) in [6.45, 7) is 7.76. The highest BCUT2D eigenvalue weighted by Gasteiger charge is 2.22. The van der Waals surface area contributed by atoms with E-state index in [1.165, 1.54) is 0 Å². The molecule has 0 saturated heterocycles. The molecule has 0 saturated carbocycles. The van der Waals surface area contributed by atoms with Crippen molar-refractivity contribution >= 4 is 5.69 Å². The summed E-state index contributed by atoms with van der Waals surface area (Å²) in [6, 6.07) is 0. The molecule has 0 aliphatic carbocycles. The first kappa shape index (κ1) is 9.96. The van der Waals surface area contributed by atoms with E-state index in [1.54, 1.807) is 0 Å². The van der Waals surface area contributed by atoms with E-state index in [4.69, 9.17) is 0 Å². The van der Waals surface area contributed by atoms with Crippen LogP contribution >= 0.6 is 0 Å². The van der Waals surface area contributed by atoms with Gasteiger partial charge in [-0.3, -0.25) is 9.59 Å². The van der Waals surface area contributed by atoms with Gasteiger partial charge in [0.15, 0.2) is 0 Å². The Labute approximate surface area is 77.5 Å². The SMILES string of the molecule is CCc1c(NC(C)(C)C)c(=O)c1=O. The van der Waals surface area contributed by atoms with Gasteiger partial charge in [0.2, 0.25) is 10.9 Å². The summed E-state index contributed by atoms with van der Waals surface area (Å²) in [5.74, 6) is 0. The van der Waals surface area contributed by atoms with Crippen LogP contribution in [0.25, 0.3) is 0 Å². The zero-order chi connectivity index (χ0) is 10.2. The van der Waals surface area contributed by atoms with Crippen molar-refractivity contribution in [1.82, 2.24) is 0 Å². The van der Waals surface area contributed by atoms with Crippen LogP contribution in [0.5, 0.6) is 0 Å². The average molecular weight is 181 g/mol. The molecule has 3 nitrogen and oxygen atoms in total. The fourth-order valence-electron chi connectivity index (χ4n) is 1.28. The van der Waals surface area contributed by atoms with Crippen LogP contribution in [-0.2, 0) is 6.42 Å². The molecular weight excluding hydrogens is 166 g/mol. The third kappa shape index (κ3) is 1.79. The standard InChI is InChI=1S/C10H15NO2/c1-5-6-7(9(13)8(6)12)11-10(2,3)4/h11H,5H2,1-4H3. The van der Waals surface area contributed by atoms with Gasteiger partial charge in [0.05, 0.1) is 5.69 Å². The van der Waals surface area contributed by atoms with Crippen LogP contribution in [0.4, 0.5) is 5.69 Å². The van der Waals surface area contributed by atoms with E-state index in [2.05, 4.69) is 5.32 Å². The van der Waals surface area contributed by atoms with Gasteiger partial charge in [-0.05, 0) is 27.2 Å². The zero-order valence-electron chi connectivity index (χ0n) is 8.52. The van der Waals surface area contributed by atoms with Gasteiger partial charge in [0.25, 0.3) is 0 Å². The van der Waals surface area contributed by atoms with Crippen LogP contribution in [0, 0.1) is 0 Å². The fraction of sp³-hybridized carbons (Fsp3) is 0.600. The lowest BCUT2D eigenvalue weighted by molar-refractivity contribution is 0.630. The summed E-state index contributed by atoms with van der Waals surface area (Å²) in [4.78, 5) is 22.2. The Hall–Kier alpha value is -1.12. The van der Waals surface area contributed by atoms with Crippen LogP contribution in [-0.4, -0.2) is 5.54 Å². The first-order chi connectivity index (χ1) is 5.87. The van der Waals surface area contributed by atoms with Gasteiger partial charge < -0.3 is 5.32 Å². The zero-order valence-corrected chi connectivity index (χ0v) is 8.52. The highest BCUT2D eigenvalue weighted by atomic mass is 16.2. The Morgan fingerprint density at radius 2 is 1.69 bits per heavy atom. The molecule has 1 rings (SSSR count). The molecule has 0 unspecified atom stereocenters. The number of anilines is 1. The van der Waals surface area contributed by atoms with Crippen molar-refractivity contribution in [2.24, 2.45) is 0 Å². The summed E-state index contributed by atoms with van der Waals surface area (Å²) in [7, 11) is 0. The minimum absolute atomic E-state index is 0.161. The molecule has 0 heterocycles. The molecular formula is C10H15NO2. The van der Waals surface area contributed by atoms with Crippen LogP contribution in [0.3, 0.4) is 0 Å². The summed E-state index contributed by atoms with van der Waals surface area (Å²) < 4.78 is 0. The normalized spacial score (nSPS) is 12.0. The minimum atomic E-state index is -0.369. The molecule has 0 radical (unpaired) electrons. The predicted octanol–water partition coefficient (Wildman–Crippen LogP) is 1.06. The molecule has 0 aliphatic rings. The van der Waals surface area contributed by atoms with E-state index in [0.717, 1.165) is 0 Å². The number of hydrogen-bond acceptors (Lipinski definition) is 3. The van der Waals surface area contributed by atoms with E-state index in [1.807, 2.05) is 27.7 Å². The van der Waals surface area contributed by atoms with Gasteiger partial charge in [0.1, 0.15) is 0 Å². The molecule has 13 heavy (non-hydrogen) atoms. The average Bonchev–Trinajstić information content (AvgIpc) is 2.01. The molecule has 1 N–H and O–H groups in total. The molecule has 0 bridgehead atoms. The van der Waals surface area contributed by atoms with Gasteiger partial charge in [-0.15, -0.1) is 0 Å². The molecule has 1 aromatic carbocycles. The quantitative estimate of drug-likeness (QED) is 0.694. The van der Waals surface area contributed by atoms with Gasteiger partial charge in [-0.2, -0.15) is 0 Å². The molecule has 0 atom stereocenters. The molecule has 0 aromatic heterocycles. The molecule has 0 fully saturated rings. The summed E-state index contributed by atoms with van der Waals surface area (Å²) in [5, 5.41) is 3.05. The molecule has 3 heteroatoms. The van der Waals surface area contributed by atoms with Gasteiger partial charge in [-0.1, -0.05) is 6.92 Å². The maximum absolute atomic E-state index is 11.1. The van der Waals surface area contributed by atoms with Gasteiger partial charge in [0, 0.05) is 11.1 Å². The second-order valence-electron chi connectivity index (χ2n) is 4.24. The highest BCUT2D eigenvalue weighted by molar-refractivity contribution is 5.57. The molecule has 1 aromatic rings.